The highest BCUT2D eigenvalue weighted by molar-refractivity contribution is 5.38. The molecule has 1 N–H and O–H groups in total. The maximum atomic E-state index is 9.73. The Labute approximate surface area is 106 Å². The van der Waals surface area contributed by atoms with Gasteiger partial charge in [-0.05, 0) is 26.0 Å². The zero-order chi connectivity index (χ0) is 13.1. The summed E-state index contributed by atoms with van der Waals surface area (Å²) in [5.41, 5.74) is 1.88. The minimum Gasteiger partial charge on any atom is -0.485 e. The molecule has 0 spiro atoms. The maximum absolute atomic E-state index is 9.73. The van der Waals surface area contributed by atoms with Crippen LogP contribution in [0.15, 0.2) is 24.5 Å². The van der Waals surface area contributed by atoms with Gasteiger partial charge in [-0.15, -0.1) is 10.2 Å². The molecule has 2 aromatic rings. The summed E-state index contributed by atoms with van der Waals surface area (Å²) in [5, 5.41) is 17.5. The van der Waals surface area contributed by atoms with Crippen LogP contribution in [0.1, 0.15) is 30.0 Å². The van der Waals surface area contributed by atoms with Crippen LogP contribution in [0.25, 0.3) is 0 Å². The first-order valence-corrected chi connectivity index (χ1v) is 5.82. The number of aryl methyl sites for hydroxylation is 2. The van der Waals surface area contributed by atoms with Crippen molar-refractivity contribution in [1.82, 2.24) is 14.8 Å². The number of ether oxygens (including phenoxy) is 1. The van der Waals surface area contributed by atoms with Gasteiger partial charge in [0.2, 0.25) is 0 Å². The first kappa shape index (κ1) is 12.6. The second kappa shape index (κ2) is 5.18. The van der Waals surface area contributed by atoms with E-state index in [1.54, 1.807) is 17.8 Å². The van der Waals surface area contributed by atoms with Gasteiger partial charge in [-0.2, -0.15) is 0 Å². The largest absolute Gasteiger partial charge is 0.485 e. The average molecular weight is 247 g/mol. The molecule has 0 radical (unpaired) electrons. The van der Waals surface area contributed by atoms with Crippen molar-refractivity contribution in [2.24, 2.45) is 7.05 Å². The molecule has 0 saturated heterocycles. The normalized spacial score (nSPS) is 12.4. The highest BCUT2D eigenvalue weighted by Gasteiger charge is 2.10. The summed E-state index contributed by atoms with van der Waals surface area (Å²) < 4.78 is 7.50. The van der Waals surface area contributed by atoms with Gasteiger partial charge in [0.1, 0.15) is 18.7 Å². The standard InChI is InChI=1S/C13H17N3O2/c1-9-4-5-12(11(6-9)10(2)17)18-7-13-15-14-8-16(13)3/h4-6,8,10,17H,7H2,1-3H3/t10-/m0/s1. The van der Waals surface area contributed by atoms with Crippen LogP contribution in [0.4, 0.5) is 0 Å². The fraction of sp³-hybridized carbons (Fsp3) is 0.385. The van der Waals surface area contributed by atoms with Gasteiger partial charge in [0.05, 0.1) is 6.10 Å². The number of nitrogens with zero attached hydrogens (tertiary/aromatic N) is 3. The van der Waals surface area contributed by atoms with Crippen molar-refractivity contribution in [3.05, 3.63) is 41.5 Å². The predicted molar refractivity (Wildman–Crippen MR) is 67.1 cm³/mol. The molecule has 1 heterocycles. The zero-order valence-corrected chi connectivity index (χ0v) is 10.8. The molecule has 0 aliphatic heterocycles. The van der Waals surface area contributed by atoms with Crippen molar-refractivity contribution in [1.29, 1.82) is 0 Å². The molecule has 1 atom stereocenters. The Bertz CT molecular complexity index is 535. The van der Waals surface area contributed by atoms with Crippen molar-refractivity contribution in [2.45, 2.75) is 26.6 Å². The summed E-state index contributed by atoms with van der Waals surface area (Å²) in [7, 11) is 1.86. The van der Waals surface area contributed by atoms with E-state index in [1.165, 1.54) is 0 Å². The molecule has 18 heavy (non-hydrogen) atoms. The SMILES string of the molecule is Cc1ccc(OCc2nncn2C)c([C@H](C)O)c1. The molecule has 1 aromatic heterocycles. The van der Waals surface area contributed by atoms with E-state index in [0.29, 0.717) is 12.4 Å². The monoisotopic (exact) mass is 247 g/mol. The van der Waals surface area contributed by atoms with Crippen LogP contribution in [-0.2, 0) is 13.7 Å². The second-order valence-electron chi connectivity index (χ2n) is 4.36. The van der Waals surface area contributed by atoms with Crippen molar-refractivity contribution in [2.75, 3.05) is 0 Å². The highest BCUT2D eigenvalue weighted by Crippen LogP contribution is 2.26. The van der Waals surface area contributed by atoms with E-state index in [1.807, 2.05) is 32.2 Å². The quantitative estimate of drug-likeness (QED) is 0.894. The lowest BCUT2D eigenvalue weighted by atomic mass is 10.1. The van der Waals surface area contributed by atoms with Crippen LogP contribution < -0.4 is 4.74 Å². The van der Waals surface area contributed by atoms with Crippen LogP contribution in [-0.4, -0.2) is 19.9 Å². The Morgan fingerprint density at radius 2 is 2.22 bits per heavy atom. The van der Waals surface area contributed by atoms with Gasteiger partial charge >= 0.3 is 0 Å². The van der Waals surface area contributed by atoms with E-state index in [0.717, 1.165) is 17.0 Å². The number of hydrogen-bond donors (Lipinski definition) is 1. The number of benzene rings is 1. The minimum absolute atomic E-state index is 0.333. The van der Waals surface area contributed by atoms with Gasteiger partial charge in [-0.25, -0.2) is 0 Å². The van der Waals surface area contributed by atoms with Crippen molar-refractivity contribution >= 4 is 0 Å². The summed E-state index contributed by atoms with van der Waals surface area (Å²) >= 11 is 0. The van der Waals surface area contributed by atoms with E-state index >= 15 is 0 Å². The fourth-order valence-corrected chi connectivity index (χ4v) is 1.71. The lowest BCUT2D eigenvalue weighted by molar-refractivity contribution is 0.189. The summed E-state index contributed by atoms with van der Waals surface area (Å²) in [6, 6.07) is 5.75. The lowest BCUT2D eigenvalue weighted by Gasteiger charge is -2.13. The van der Waals surface area contributed by atoms with Crippen molar-refractivity contribution in [3.63, 3.8) is 0 Å². The van der Waals surface area contributed by atoms with E-state index in [-0.39, 0.29) is 0 Å². The molecule has 0 unspecified atom stereocenters. The number of aliphatic hydroxyl groups is 1. The molecular weight excluding hydrogens is 230 g/mol. The van der Waals surface area contributed by atoms with E-state index < -0.39 is 6.10 Å². The molecular formula is C13H17N3O2. The Kier molecular flexibility index (Phi) is 3.62. The molecule has 0 amide bonds. The third kappa shape index (κ3) is 2.68. The highest BCUT2D eigenvalue weighted by atomic mass is 16.5. The number of rotatable bonds is 4. The molecule has 2 rings (SSSR count). The van der Waals surface area contributed by atoms with Gasteiger partial charge in [0.15, 0.2) is 5.82 Å². The summed E-state index contributed by atoms with van der Waals surface area (Å²) in [5.74, 6) is 1.42. The fourth-order valence-electron chi connectivity index (χ4n) is 1.71. The maximum Gasteiger partial charge on any atom is 0.170 e. The Morgan fingerprint density at radius 1 is 1.44 bits per heavy atom. The Hall–Kier alpha value is -1.88. The Balaban J connectivity index is 2.16. The first-order valence-electron chi connectivity index (χ1n) is 5.82. The summed E-state index contributed by atoms with van der Waals surface area (Å²) in [4.78, 5) is 0. The molecule has 1 aromatic carbocycles. The molecule has 0 bridgehead atoms. The zero-order valence-electron chi connectivity index (χ0n) is 10.8. The molecule has 0 saturated carbocycles. The van der Waals surface area contributed by atoms with Gasteiger partial charge in [-0.1, -0.05) is 11.6 Å². The van der Waals surface area contributed by atoms with Gasteiger partial charge in [0.25, 0.3) is 0 Å². The lowest BCUT2D eigenvalue weighted by Crippen LogP contribution is -2.05. The van der Waals surface area contributed by atoms with Gasteiger partial charge in [0, 0.05) is 12.6 Å². The first-order chi connectivity index (χ1) is 8.58. The smallest absolute Gasteiger partial charge is 0.170 e. The number of hydrogen-bond acceptors (Lipinski definition) is 4. The van der Waals surface area contributed by atoms with Crippen molar-refractivity contribution < 1.29 is 9.84 Å². The third-order valence-corrected chi connectivity index (χ3v) is 2.78. The van der Waals surface area contributed by atoms with Crippen LogP contribution in [0.5, 0.6) is 5.75 Å². The summed E-state index contributed by atoms with van der Waals surface area (Å²) in [6.07, 6.45) is 1.07. The van der Waals surface area contributed by atoms with Crippen LogP contribution in [0.2, 0.25) is 0 Å². The summed E-state index contributed by atoms with van der Waals surface area (Å²) in [6.45, 7) is 4.04. The molecule has 96 valence electrons. The molecule has 0 aliphatic rings. The number of aromatic nitrogens is 3. The van der Waals surface area contributed by atoms with Crippen LogP contribution in [0, 0.1) is 6.92 Å². The van der Waals surface area contributed by atoms with E-state index in [4.69, 9.17) is 4.74 Å². The van der Waals surface area contributed by atoms with Crippen molar-refractivity contribution in [3.8, 4) is 5.75 Å². The van der Waals surface area contributed by atoms with Crippen LogP contribution in [0.3, 0.4) is 0 Å². The molecule has 5 nitrogen and oxygen atoms in total. The van der Waals surface area contributed by atoms with Crippen LogP contribution >= 0.6 is 0 Å². The van der Waals surface area contributed by atoms with Gasteiger partial charge in [-0.3, -0.25) is 0 Å². The number of aliphatic hydroxyl groups excluding tert-OH is 1. The van der Waals surface area contributed by atoms with Gasteiger partial charge < -0.3 is 14.4 Å². The Morgan fingerprint density at radius 3 is 2.83 bits per heavy atom. The molecule has 5 heteroatoms. The predicted octanol–water partition coefficient (Wildman–Crippen LogP) is 1.76. The topological polar surface area (TPSA) is 60.2 Å². The molecule has 0 fully saturated rings. The minimum atomic E-state index is -0.556. The van der Waals surface area contributed by atoms with E-state index in [2.05, 4.69) is 10.2 Å². The average Bonchev–Trinajstić information content (AvgIpc) is 2.73. The third-order valence-electron chi connectivity index (χ3n) is 2.78. The molecule has 0 aliphatic carbocycles. The van der Waals surface area contributed by atoms with E-state index in [9.17, 15) is 5.11 Å². The second-order valence-corrected chi connectivity index (χ2v) is 4.36.